The van der Waals surface area contributed by atoms with Gasteiger partial charge in [0, 0.05) is 6.42 Å². The third-order valence-corrected chi connectivity index (χ3v) is 4.34. The van der Waals surface area contributed by atoms with Crippen LogP contribution in [0.5, 0.6) is 0 Å². The summed E-state index contributed by atoms with van der Waals surface area (Å²) in [4.78, 5) is 27.2. The molecule has 4 nitrogen and oxygen atoms in total. The topological polar surface area (TPSA) is 56.3 Å². The number of hydrogen-bond acceptors (Lipinski definition) is 6. The summed E-state index contributed by atoms with van der Waals surface area (Å²) in [7, 11) is 0. The van der Waals surface area contributed by atoms with Crippen LogP contribution in [-0.4, -0.2) is 74.1 Å². The molecule has 0 aliphatic heterocycles. The van der Waals surface area contributed by atoms with Crippen molar-refractivity contribution < 1.29 is 14.3 Å². The Morgan fingerprint density at radius 3 is 2.75 bits per heavy atom. The Kier molecular flexibility index (Phi) is 8.50. The van der Waals surface area contributed by atoms with Crippen molar-refractivity contribution in [2.24, 2.45) is 0 Å². The van der Waals surface area contributed by atoms with Crippen molar-refractivity contribution in [3.63, 3.8) is 0 Å². The molecule has 0 atom stereocenters. The minimum absolute atomic E-state index is 0. The quantitative estimate of drug-likeness (QED) is 0.477. The Labute approximate surface area is 168 Å². The number of carbonyl (C=O) groups is 2. The predicted octanol–water partition coefficient (Wildman–Crippen LogP) is 2.61. The Morgan fingerprint density at radius 2 is 2.05 bits per heavy atom. The summed E-state index contributed by atoms with van der Waals surface area (Å²) in [5.74, 6) is -0.333. The van der Waals surface area contributed by atoms with Gasteiger partial charge in [-0.05, 0) is 30.8 Å². The molecule has 0 amide bonds. The van der Waals surface area contributed by atoms with Gasteiger partial charge in [-0.2, -0.15) is 0 Å². The van der Waals surface area contributed by atoms with Crippen LogP contribution >= 0.6 is 23.1 Å². The van der Waals surface area contributed by atoms with Crippen molar-refractivity contribution in [1.82, 2.24) is 4.98 Å². The van der Waals surface area contributed by atoms with Crippen LogP contribution in [0.25, 0.3) is 10.2 Å². The van der Waals surface area contributed by atoms with Gasteiger partial charge >= 0.3 is 57.4 Å². The molecular formula is C13H14KNO3S2. The van der Waals surface area contributed by atoms with Crippen LogP contribution in [0.4, 0.5) is 0 Å². The number of benzene rings is 1. The number of nitrogens with zero attached hydrogens (tertiary/aromatic N) is 1. The van der Waals surface area contributed by atoms with Gasteiger partial charge in [0.1, 0.15) is 0 Å². The third kappa shape index (κ3) is 5.55. The van der Waals surface area contributed by atoms with E-state index in [9.17, 15) is 9.59 Å². The normalized spacial score (nSPS) is 10.1. The molecule has 102 valence electrons. The standard InChI is InChI=1S/C13H13NO3S2.K.H/c1-2-17-11(15)7-8-12(16)19-13-14-9-5-3-4-6-10(9)18-13;;/h3-6H,2,7-8H2,1H3;;. The number of thiazole rings is 1. The van der Waals surface area contributed by atoms with E-state index in [0.717, 1.165) is 26.3 Å². The van der Waals surface area contributed by atoms with Crippen molar-refractivity contribution in [2.75, 3.05) is 6.61 Å². The molecule has 0 radical (unpaired) electrons. The molecule has 0 unspecified atom stereocenters. The zero-order valence-corrected chi connectivity index (χ0v) is 12.1. The predicted molar refractivity (Wildman–Crippen MR) is 83.5 cm³/mol. The molecule has 7 heteroatoms. The SMILES string of the molecule is CCOC(=O)CCC(=O)Sc1nc2ccccc2s1.[KH]. The summed E-state index contributed by atoms with van der Waals surface area (Å²) in [5, 5.41) is -0.0629. The molecule has 0 N–H and O–H groups in total. The van der Waals surface area contributed by atoms with E-state index < -0.39 is 0 Å². The molecule has 2 rings (SSSR count). The van der Waals surface area contributed by atoms with Gasteiger partial charge in [-0.3, -0.25) is 9.59 Å². The van der Waals surface area contributed by atoms with Crippen LogP contribution in [0.1, 0.15) is 19.8 Å². The summed E-state index contributed by atoms with van der Waals surface area (Å²) in [6.45, 7) is 2.09. The second-order valence-electron chi connectivity index (χ2n) is 3.73. The molecular weight excluding hydrogens is 321 g/mol. The second-order valence-corrected chi connectivity index (χ2v) is 6.06. The second kappa shape index (κ2) is 9.29. The van der Waals surface area contributed by atoms with E-state index in [4.69, 9.17) is 4.74 Å². The van der Waals surface area contributed by atoms with Crippen LogP contribution in [0.3, 0.4) is 0 Å². The summed E-state index contributed by atoms with van der Waals surface area (Å²) in [6.07, 6.45) is 0.310. The van der Waals surface area contributed by atoms with Crippen LogP contribution < -0.4 is 0 Å². The van der Waals surface area contributed by atoms with Crippen molar-refractivity contribution in [3.8, 4) is 0 Å². The summed E-state index contributed by atoms with van der Waals surface area (Å²) in [6, 6.07) is 7.75. The van der Waals surface area contributed by atoms with Crippen molar-refractivity contribution in [2.45, 2.75) is 24.1 Å². The fourth-order valence-corrected chi connectivity index (χ4v) is 3.44. The van der Waals surface area contributed by atoms with Crippen LogP contribution in [0, 0.1) is 0 Å². The molecule has 0 bridgehead atoms. The van der Waals surface area contributed by atoms with E-state index in [0.29, 0.717) is 6.61 Å². The Balaban J connectivity index is 0.00000200. The van der Waals surface area contributed by atoms with E-state index in [-0.39, 0.29) is 75.3 Å². The van der Waals surface area contributed by atoms with Crippen LogP contribution in [0.15, 0.2) is 28.6 Å². The maximum atomic E-state index is 11.7. The van der Waals surface area contributed by atoms with Crippen molar-refractivity contribution in [1.29, 1.82) is 0 Å². The molecule has 0 fully saturated rings. The van der Waals surface area contributed by atoms with E-state index in [1.807, 2.05) is 24.3 Å². The first-order valence-corrected chi connectivity index (χ1v) is 7.54. The van der Waals surface area contributed by atoms with Gasteiger partial charge in [0.25, 0.3) is 0 Å². The molecule has 1 aromatic heterocycles. The number of para-hydroxylation sites is 1. The number of fused-ring (bicyclic) bond motifs is 1. The van der Waals surface area contributed by atoms with Gasteiger partial charge in [-0.25, -0.2) is 4.98 Å². The number of carbonyl (C=O) groups excluding carboxylic acids is 2. The van der Waals surface area contributed by atoms with E-state index in [2.05, 4.69) is 4.98 Å². The molecule has 1 aromatic carbocycles. The third-order valence-electron chi connectivity index (χ3n) is 2.31. The average Bonchev–Trinajstić information content (AvgIpc) is 2.78. The molecule has 2 aromatic rings. The van der Waals surface area contributed by atoms with Gasteiger partial charge < -0.3 is 4.74 Å². The van der Waals surface area contributed by atoms with Gasteiger partial charge in [0.2, 0.25) is 0 Å². The first kappa shape index (κ1) is 18.3. The molecule has 0 saturated carbocycles. The van der Waals surface area contributed by atoms with E-state index in [1.165, 1.54) is 11.3 Å². The molecule has 20 heavy (non-hydrogen) atoms. The average molecular weight is 335 g/mol. The fraction of sp³-hybridized carbons (Fsp3) is 0.308. The number of aromatic nitrogens is 1. The zero-order valence-electron chi connectivity index (χ0n) is 10.4. The van der Waals surface area contributed by atoms with E-state index >= 15 is 0 Å². The number of esters is 1. The van der Waals surface area contributed by atoms with Crippen LogP contribution in [-0.2, 0) is 14.3 Å². The van der Waals surface area contributed by atoms with Gasteiger partial charge in [-0.1, -0.05) is 12.1 Å². The fourth-order valence-electron chi connectivity index (χ4n) is 1.48. The first-order valence-electron chi connectivity index (χ1n) is 5.91. The van der Waals surface area contributed by atoms with Crippen molar-refractivity contribution in [3.05, 3.63) is 24.3 Å². The number of thioether (sulfide) groups is 1. The zero-order chi connectivity index (χ0) is 13.7. The monoisotopic (exact) mass is 335 g/mol. The first-order chi connectivity index (χ1) is 9.19. The van der Waals surface area contributed by atoms with Gasteiger partial charge in [0.05, 0.1) is 23.2 Å². The molecule has 0 aliphatic rings. The summed E-state index contributed by atoms with van der Waals surface area (Å²) >= 11 is 2.58. The molecule has 0 aliphatic carbocycles. The van der Waals surface area contributed by atoms with Gasteiger partial charge in [-0.15, -0.1) is 11.3 Å². The summed E-state index contributed by atoms with van der Waals surface area (Å²) < 4.78 is 6.55. The molecule has 0 spiro atoms. The maximum absolute atomic E-state index is 11.7. The number of ether oxygens (including phenoxy) is 1. The van der Waals surface area contributed by atoms with E-state index in [1.54, 1.807) is 6.92 Å². The van der Waals surface area contributed by atoms with Crippen molar-refractivity contribution >= 4 is 95.8 Å². The molecule has 0 saturated heterocycles. The number of rotatable bonds is 5. The molecule has 1 heterocycles. The Bertz CT molecular complexity index is 567. The van der Waals surface area contributed by atoms with Gasteiger partial charge in [0.15, 0.2) is 9.45 Å². The summed E-state index contributed by atoms with van der Waals surface area (Å²) in [5.41, 5.74) is 0.896. The Morgan fingerprint density at radius 1 is 1.30 bits per heavy atom. The van der Waals surface area contributed by atoms with Crippen LogP contribution in [0.2, 0.25) is 0 Å². The number of hydrogen-bond donors (Lipinski definition) is 0. The minimum atomic E-state index is -0.333. The Hall–Kier alpha value is 0.236.